The van der Waals surface area contributed by atoms with Gasteiger partial charge in [0.1, 0.15) is 5.69 Å². The second-order valence-corrected chi connectivity index (χ2v) is 8.28. The van der Waals surface area contributed by atoms with Crippen LogP contribution in [-0.2, 0) is 6.54 Å². The van der Waals surface area contributed by atoms with Crippen LogP contribution in [0.2, 0.25) is 0 Å². The third-order valence-electron chi connectivity index (χ3n) is 5.88. The van der Waals surface area contributed by atoms with E-state index < -0.39 is 0 Å². The number of aromatic nitrogens is 2. The highest BCUT2D eigenvalue weighted by molar-refractivity contribution is 5.92. The van der Waals surface area contributed by atoms with E-state index >= 15 is 0 Å². The molecule has 1 saturated heterocycles. The van der Waals surface area contributed by atoms with E-state index in [1.165, 1.54) is 33.9 Å². The largest absolute Gasteiger partial charge is 0.344 e. The van der Waals surface area contributed by atoms with Crippen LogP contribution in [0.25, 0.3) is 11.1 Å². The van der Waals surface area contributed by atoms with Gasteiger partial charge in [0, 0.05) is 45.3 Å². The Morgan fingerprint density at radius 3 is 2.48 bits per heavy atom. The number of nitrogens with zero attached hydrogens (tertiary/aromatic N) is 4. The molecule has 1 aliphatic heterocycles. The van der Waals surface area contributed by atoms with E-state index in [0.717, 1.165) is 19.6 Å². The van der Waals surface area contributed by atoms with E-state index in [1.807, 2.05) is 11.0 Å². The minimum absolute atomic E-state index is 0.0657. The van der Waals surface area contributed by atoms with Crippen molar-refractivity contribution in [3.63, 3.8) is 0 Å². The Balaban J connectivity index is 1.39. The highest BCUT2D eigenvalue weighted by atomic mass is 16.2. The number of amides is 1. The third kappa shape index (κ3) is 4.59. The van der Waals surface area contributed by atoms with Crippen molar-refractivity contribution >= 4 is 11.8 Å². The number of hydrogen-bond donors (Lipinski definition) is 0. The number of carbonyl (C=O) groups excluding carboxylic acids is 2. The Morgan fingerprint density at radius 2 is 1.84 bits per heavy atom. The van der Waals surface area contributed by atoms with Gasteiger partial charge in [-0.15, -0.1) is 0 Å². The zero-order chi connectivity index (χ0) is 22.0. The number of aryl methyl sites for hydroxylation is 1. The van der Waals surface area contributed by atoms with E-state index in [2.05, 4.69) is 66.3 Å². The Morgan fingerprint density at radius 1 is 1.06 bits per heavy atom. The average Bonchev–Trinajstić information content (AvgIpc) is 3.25. The highest BCUT2D eigenvalue weighted by Gasteiger charge is 2.29. The van der Waals surface area contributed by atoms with Crippen LogP contribution in [0.3, 0.4) is 0 Å². The number of ketones is 1. The van der Waals surface area contributed by atoms with Crippen LogP contribution in [0.5, 0.6) is 0 Å². The Hall–Kier alpha value is -3.25. The fourth-order valence-corrected chi connectivity index (χ4v) is 4.23. The molecule has 4 rings (SSSR count). The molecule has 2 aromatic carbocycles. The topological polar surface area (TPSA) is 58.4 Å². The molecule has 1 aromatic heterocycles. The Labute approximate surface area is 183 Å². The van der Waals surface area contributed by atoms with Gasteiger partial charge in [-0.05, 0) is 42.2 Å². The van der Waals surface area contributed by atoms with E-state index in [1.54, 1.807) is 12.3 Å². The van der Waals surface area contributed by atoms with Crippen LogP contribution < -0.4 is 0 Å². The van der Waals surface area contributed by atoms with Gasteiger partial charge in [0.15, 0.2) is 5.78 Å². The zero-order valence-electron chi connectivity index (χ0n) is 18.3. The quantitative estimate of drug-likeness (QED) is 0.597. The summed E-state index contributed by atoms with van der Waals surface area (Å²) in [5.74, 6) is -0.141. The molecular formula is C25H28N4O2. The van der Waals surface area contributed by atoms with Gasteiger partial charge in [-0.1, -0.05) is 48.5 Å². The van der Waals surface area contributed by atoms with Crippen LogP contribution in [-0.4, -0.2) is 57.1 Å². The first-order valence-corrected chi connectivity index (χ1v) is 10.7. The maximum absolute atomic E-state index is 12.8. The molecule has 0 spiro atoms. The van der Waals surface area contributed by atoms with E-state index in [4.69, 9.17) is 0 Å². The lowest BCUT2D eigenvalue weighted by Gasteiger charge is -2.39. The first kappa shape index (κ1) is 21.0. The number of benzene rings is 2. The van der Waals surface area contributed by atoms with Gasteiger partial charge in [0.2, 0.25) is 0 Å². The maximum atomic E-state index is 12.8. The van der Waals surface area contributed by atoms with E-state index in [9.17, 15) is 9.59 Å². The molecule has 31 heavy (non-hydrogen) atoms. The minimum Gasteiger partial charge on any atom is -0.318 e. The SMILES string of the molecule is CC(=O)c1ccn(C(=O)N2CCN(Cc3ccc(-c4ccccc4)c(C)c3)C[C@H]2C)n1. The molecule has 0 saturated carbocycles. The van der Waals surface area contributed by atoms with E-state index in [0.29, 0.717) is 12.2 Å². The van der Waals surface area contributed by atoms with Crippen molar-refractivity contribution in [2.75, 3.05) is 19.6 Å². The van der Waals surface area contributed by atoms with Gasteiger partial charge >= 0.3 is 6.03 Å². The number of carbonyl (C=O) groups is 2. The number of rotatable bonds is 4. The fourth-order valence-electron chi connectivity index (χ4n) is 4.23. The molecule has 2 heterocycles. The molecule has 1 aliphatic rings. The van der Waals surface area contributed by atoms with Crippen molar-refractivity contribution in [2.24, 2.45) is 0 Å². The molecule has 6 nitrogen and oxygen atoms in total. The summed E-state index contributed by atoms with van der Waals surface area (Å²) in [6, 6.07) is 18.6. The molecule has 0 unspecified atom stereocenters. The molecule has 6 heteroatoms. The summed E-state index contributed by atoms with van der Waals surface area (Å²) in [5, 5.41) is 4.11. The van der Waals surface area contributed by atoms with Gasteiger partial charge in [-0.3, -0.25) is 9.69 Å². The Bertz CT molecular complexity index is 1090. The lowest BCUT2D eigenvalue weighted by Crippen LogP contribution is -2.54. The molecule has 0 radical (unpaired) electrons. The lowest BCUT2D eigenvalue weighted by molar-refractivity contribution is 0.0965. The first-order valence-electron chi connectivity index (χ1n) is 10.7. The number of piperazine rings is 1. The molecule has 1 amide bonds. The monoisotopic (exact) mass is 416 g/mol. The minimum atomic E-state index is -0.178. The molecule has 0 aliphatic carbocycles. The standard InChI is InChI=1S/C25H28N4O2/c1-18-15-21(9-10-23(18)22-7-5-4-6-8-22)17-27-13-14-28(19(2)16-27)25(31)29-12-11-24(26-29)20(3)30/h4-12,15,19H,13-14,16-17H2,1-3H3/t19-/m1/s1. The fraction of sp³-hybridized carbons (Fsp3) is 0.320. The molecule has 1 atom stereocenters. The zero-order valence-corrected chi connectivity index (χ0v) is 18.3. The van der Waals surface area contributed by atoms with Gasteiger partial charge in [0.25, 0.3) is 0 Å². The average molecular weight is 417 g/mol. The predicted octanol–water partition coefficient (Wildman–Crippen LogP) is 4.24. The highest BCUT2D eigenvalue weighted by Crippen LogP contribution is 2.25. The number of Topliss-reactive ketones (excluding diaryl/α,β-unsaturated/α-hetero) is 1. The second-order valence-electron chi connectivity index (χ2n) is 8.28. The third-order valence-corrected chi connectivity index (χ3v) is 5.88. The number of hydrogen-bond acceptors (Lipinski definition) is 4. The van der Waals surface area contributed by atoms with Crippen molar-refractivity contribution in [1.82, 2.24) is 19.6 Å². The predicted molar refractivity (Wildman–Crippen MR) is 121 cm³/mol. The lowest BCUT2D eigenvalue weighted by atomic mass is 9.98. The summed E-state index contributed by atoms with van der Waals surface area (Å²) in [6.45, 7) is 8.76. The molecular weight excluding hydrogens is 388 g/mol. The van der Waals surface area contributed by atoms with Gasteiger partial charge in [-0.25, -0.2) is 4.79 Å². The van der Waals surface area contributed by atoms with Gasteiger partial charge in [-0.2, -0.15) is 9.78 Å². The van der Waals surface area contributed by atoms with Crippen molar-refractivity contribution < 1.29 is 9.59 Å². The van der Waals surface area contributed by atoms with Crippen molar-refractivity contribution in [1.29, 1.82) is 0 Å². The summed E-state index contributed by atoms with van der Waals surface area (Å²) in [7, 11) is 0. The van der Waals surface area contributed by atoms with Crippen LogP contribution in [0.1, 0.15) is 35.5 Å². The molecule has 160 valence electrons. The summed E-state index contributed by atoms with van der Waals surface area (Å²) in [5.41, 5.74) is 5.36. The summed E-state index contributed by atoms with van der Waals surface area (Å²) in [6.07, 6.45) is 1.56. The van der Waals surface area contributed by atoms with Crippen molar-refractivity contribution in [2.45, 2.75) is 33.4 Å². The summed E-state index contributed by atoms with van der Waals surface area (Å²) >= 11 is 0. The van der Waals surface area contributed by atoms with Crippen LogP contribution in [0.4, 0.5) is 4.79 Å². The molecule has 0 N–H and O–H groups in total. The smallest absolute Gasteiger partial charge is 0.318 e. The van der Waals surface area contributed by atoms with Crippen LogP contribution in [0.15, 0.2) is 60.8 Å². The van der Waals surface area contributed by atoms with Crippen LogP contribution >= 0.6 is 0 Å². The normalized spacial score (nSPS) is 17.0. The van der Waals surface area contributed by atoms with Crippen LogP contribution in [0, 0.1) is 6.92 Å². The summed E-state index contributed by atoms with van der Waals surface area (Å²) in [4.78, 5) is 28.5. The molecule has 3 aromatic rings. The molecule has 1 fully saturated rings. The van der Waals surface area contributed by atoms with Gasteiger partial charge < -0.3 is 4.90 Å². The maximum Gasteiger partial charge on any atom is 0.344 e. The van der Waals surface area contributed by atoms with Gasteiger partial charge in [0.05, 0.1) is 0 Å². The Kier molecular flexibility index (Phi) is 6.00. The van der Waals surface area contributed by atoms with Crippen molar-refractivity contribution in [3.05, 3.63) is 77.6 Å². The second kappa shape index (κ2) is 8.86. The van der Waals surface area contributed by atoms with E-state index in [-0.39, 0.29) is 17.9 Å². The summed E-state index contributed by atoms with van der Waals surface area (Å²) < 4.78 is 1.27. The molecule has 0 bridgehead atoms. The first-order chi connectivity index (χ1) is 14.9. The van der Waals surface area contributed by atoms with Crippen molar-refractivity contribution in [3.8, 4) is 11.1 Å².